The molecule has 0 aromatic rings. The van der Waals surface area contributed by atoms with E-state index in [0.29, 0.717) is 12.6 Å². The highest BCUT2D eigenvalue weighted by Crippen LogP contribution is 2.46. The summed E-state index contributed by atoms with van der Waals surface area (Å²) in [5, 5.41) is 14.3. The molecule has 0 bridgehead atoms. The van der Waals surface area contributed by atoms with Gasteiger partial charge in [-0.05, 0) is 36.3 Å². The van der Waals surface area contributed by atoms with Crippen LogP contribution in [0.2, 0.25) is 36.3 Å². The van der Waals surface area contributed by atoms with Crippen molar-refractivity contribution >= 4 is 16.6 Å². The lowest BCUT2D eigenvalue weighted by molar-refractivity contribution is -0.119. The first-order valence-corrected chi connectivity index (χ1v) is 16.5. The Labute approximate surface area is 173 Å². The van der Waals surface area contributed by atoms with E-state index in [4.69, 9.17) is 13.6 Å². The number of nitrogens with one attached hydrogen (secondary N) is 1. The van der Waals surface area contributed by atoms with E-state index in [0.717, 1.165) is 6.61 Å². The van der Waals surface area contributed by atoms with Gasteiger partial charge >= 0.3 is 0 Å². The molecule has 164 valence electrons. The second-order valence-corrected chi connectivity index (χ2v) is 21.5. The van der Waals surface area contributed by atoms with Crippen molar-refractivity contribution in [3.05, 3.63) is 0 Å². The smallest absolute Gasteiger partial charge is 0.192 e. The first-order chi connectivity index (χ1) is 12.6. The van der Waals surface area contributed by atoms with Crippen LogP contribution >= 0.6 is 0 Å². The Bertz CT molecular complexity index is 588. The highest BCUT2D eigenvalue weighted by Gasteiger charge is 2.66. The quantitative estimate of drug-likeness (QED) is 0.478. The van der Waals surface area contributed by atoms with Gasteiger partial charge in [0.15, 0.2) is 22.9 Å². The topological polar surface area (TPSA) is 72.9 Å². The Balaban J connectivity index is 1.50. The Morgan fingerprint density at radius 1 is 0.929 bits per heavy atom. The van der Waals surface area contributed by atoms with Gasteiger partial charge in [0.2, 0.25) is 0 Å². The van der Waals surface area contributed by atoms with Gasteiger partial charge in [0.25, 0.3) is 0 Å². The van der Waals surface area contributed by atoms with Gasteiger partial charge < -0.3 is 24.0 Å². The van der Waals surface area contributed by atoms with Crippen molar-refractivity contribution in [2.45, 2.75) is 114 Å². The van der Waals surface area contributed by atoms with Crippen LogP contribution in [0.3, 0.4) is 0 Å². The molecule has 7 atom stereocenters. The van der Waals surface area contributed by atoms with Crippen LogP contribution in [0.1, 0.15) is 41.5 Å². The second-order valence-electron chi connectivity index (χ2n) is 11.9. The number of hydrogen-bond acceptors (Lipinski definition) is 6. The number of aliphatic hydroxyl groups is 1. The van der Waals surface area contributed by atoms with Gasteiger partial charge in [-0.1, -0.05) is 41.5 Å². The fraction of sp³-hybridized carbons (Fsp3) is 1.00. The summed E-state index contributed by atoms with van der Waals surface area (Å²) in [6.07, 6.45) is -0.775. The summed E-state index contributed by atoms with van der Waals surface area (Å²) in [6, 6.07) is 0.904. The number of nitrogens with zero attached hydrogens (tertiary/aromatic N) is 1. The van der Waals surface area contributed by atoms with Gasteiger partial charge in [0.05, 0.1) is 31.3 Å². The summed E-state index contributed by atoms with van der Waals surface area (Å²) in [6.45, 7) is 24.1. The first kappa shape index (κ1) is 22.9. The molecule has 3 aliphatic heterocycles. The first-order valence-electron chi connectivity index (χ1n) is 10.7. The van der Waals surface area contributed by atoms with E-state index in [1.165, 1.54) is 0 Å². The molecule has 3 saturated heterocycles. The van der Waals surface area contributed by atoms with Gasteiger partial charge in [-0.3, -0.25) is 4.90 Å². The van der Waals surface area contributed by atoms with Crippen LogP contribution in [-0.2, 0) is 13.6 Å². The van der Waals surface area contributed by atoms with Crippen molar-refractivity contribution in [3.63, 3.8) is 0 Å². The lowest BCUT2D eigenvalue weighted by Gasteiger charge is -2.36. The lowest BCUT2D eigenvalue weighted by atomic mass is 10.2. The maximum absolute atomic E-state index is 10.3. The van der Waals surface area contributed by atoms with Gasteiger partial charge in [0.1, 0.15) is 6.23 Å². The molecule has 3 aliphatic rings. The van der Waals surface area contributed by atoms with Crippen LogP contribution in [0.25, 0.3) is 0 Å². The zero-order valence-electron chi connectivity index (χ0n) is 19.5. The molecule has 8 heteroatoms. The van der Waals surface area contributed by atoms with Crippen molar-refractivity contribution in [2.75, 3.05) is 13.2 Å². The highest BCUT2D eigenvalue weighted by molar-refractivity contribution is 6.74. The summed E-state index contributed by atoms with van der Waals surface area (Å²) in [5.74, 6) is 0. The van der Waals surface area contributed by atoms with Crippen molar-refractivity contribution < 1.29 is 18.7 Å². The van der Waals surface area contributed by atoms with Crippen molar-refractivity contribution in [2.24, 2.45) is 0 Å². The minimum Gasteiger partial charge on any atom is -0.415 e. The van der Waals surface area contributed by atoms with Crippen LogP contribution in [0.15, 0.2) is 0 Å². The fourth-order valence-corrected chi connectivity index (χ4v) is 5.46. The highest BCUT2D eigenvalue weighted by atomic mass is 28.4. The van der Waals surface area contributed by atoms with Gasteiger partial charge in [-0.25, -0.2) is 0 Å². The Hall–Kier alpha value is 0.194. The van der Waals surface area contributed by atoms with Gasteiger partial charge in [-0.15, -0.1) is 0 Å². The SMILES string of the molecule is CC(C)(C)[Si](C)(C)OC[C@@H]1N[C@@H]1[C@@H]1O[C@H](O)[C@@H]2[C@@H](CO[Si](C)(C)C(C)(C)C)N21. The third-order valence-electron chi connectivity index (χ3n) is 7.79. The predicted octanol–water partition coefficient (Wildman–Crippen LogP) is 3.10. The van der Waals surface area contributed by atoms with Gasteiger partial charge in [0, 0.05) is 6.04 Å². The second kappa shape index (κ2) is 7.12. The zero-order valence-corrected chi connectivity index (χ0v) is 21.5. The van der Waals surface area contributed by atoms with E-state index < -0.39 is 22.9 Å². The molecule has 0 aromatic carbocycles. The van der Waals surface area contributed by atoms with Crippen LogP contribution in [-0.4, -0.2) is 76.5 Å². The molecule has 0 aromatic heterocycles. The van der Waals surface area contributed by atoms with Crippen LogP contribution in [0.4, 0.5) is 0 Å². The van der Waals surface area contributed by atoms with E-state index in [1.54, 1.807) is 0 Å². The molecule has 3 rings (SSSR count). The van der Waals surface area contributed by atoms with Gasteiger partial charge in [-0.2, -0.15) is 0 Å². The number of fused-ring (bicyclic) bond motifs is 1. The maximum atomic E-state index is 10.3. The van der Waals surface area contributed by atoms with E-state index in [9.17, 15) is 5.11 Å². The normalized spacial score (nSPS) is 38.5. The monoisotopic (exact) mass is 430 g/mol. The van der Waals surface area contributed by atoms with Crippen molar-refractivity contribution in [1.29, 1.82) is 0 Å². The molecule has 0 spiro atoms. The summed E-state index contributed by atoms with van der Waals surface area (Å²) in [7, 11) is -3.52. The van der Waals surface area contributed by atoms with E-state index in [-0.39, 0.29) is 34.4 Å². The summed E-state index contributed by atoms with van der Waals surface area (Å²) >= 11 is 0. The van der Waals surface area contributed by atoms with Crippen molar-refractivity contribution in [3.8, 4) is 0 Å². The van der Waals surface area contributed by atoms with Crippen LogP contribution in [0, 0.1) is 0 Å². The molecule has 0 amide bonds. The summed E-state index contributed by atoms with van der Waals surface area (Å²) in [4.78, 5) is 2.29. The Morgan fingerprint density at radius 3 is 1.93 bits per heavy atom. The molecule has 2 N–H and O–H groups in total. The van der Waals surface area contributed by atoms with E-state index in [1.807, 2.05) is 0 Å². The average Bonchev–Trinajstić information content (AvgIpc) is 3.40. The van der Waals surface area contributed by atoms with Crippen LogP contribution < -0.4 is 5.32 Å². The largest absolute Gasteiger partial charge is 0.415 e. The minimum absolute atomic E-state index is 0.0685. The molecule has 0 saturated carbocycles. The number of ether oxygens (including phenoxy) is 1. The molecule has 0 aliphatic carbocycles. The maximum Gasteiger partial charge on any atom is 0.192 e. The molecular formula is C20H42N2O4Si2. The average molecular weight is 431 g/mol. The van der Waals surface area contributed by atoms with E-state index in [2.05, 4.69) is 77.9 Å². The molecule has 1 unspecified atom stereocenters. The third kappa shape index (κ3) is 4.30. The molecule has 6 nitrogen and oxygen atoms in total. The van der Waals surface area contributed by atoms with E-state index >= 15 is 0 Å². The van der Waals surface area contributed by atoms with Crippen molar-refractivity contribution in [1.82, 2.24) is 10.2 Å². The molecule has 3 fully saturated rings. The molecular weight excluding hydrogens is 388 g/mol. The number of hydrogen-bond donors (Lipinski definition) is 2. The molecule has 3 heterocycles. The zero-order chi connectivity index (χ0) is 21.3. The van der Waals surface area contributed by atoms with Crippen LogP contribution in [0.5, 0.6) is 0 Å². The summed E-state index contributed by atoms with van der Waals surface area (Å²) < 4.78 is 18.6. The fourth-order valence-electron chi connectivity index (χ4n) is 3.41. The number of aliphatic hydroxyl groups excluding tert-OH is 1. The predicted molar refractivity (Wildman–Crippen MR) is 117 cm³/mol. The minimum atomic E-state index is -1.78. The molecule has 28 heavy (non-hydrogen) atoms. The Morgan fingerprint density at radius 2 is 1.43 bits per heavy atom. The molecule has 0 radical (unpaired) electrons. The number of rotatable bonds is 7. The Kier molecular flexibility index (Phi) is 5.81. The lowest BCUT2D eigenvalue weighted by Crippen LogP contribution is -2.43. The summed E-state index contributed by atoms with van der Waals surface area (Å²) in [5.41, 5.74) is 0. The third-order valence-corrected chi connectivity index (χ3v) is 16.8. The standard InChI is InChI=1S/C20H42N2O4Si2/c1-19(2,3)27(7,8)24-11-13-15(21-13)17-22-14(16(22)18(23)26-17)12-25-28(9,10)20(4,5)6/h13-18,21,23H,11-12H2,1-10H3/t13-,14+,15-,16-,17-,18-,22?/m0/s1.